The van der Waals surface area contributed by atoms with E-state index < -0.39 is 0 Å². The van der Waals surface area contributed by atoms with Crippen molar-refractivity contribution in [2.24, 2.45) is 0 Å². The number of ether oxygens (including phenoxy) is 2. The van der Waals surface area contributed by atoms with Gasteiger partial charge in [-0.2, -0.15) is 0 Å². The van der Waals surface area contributed by atoms with Crippen molar-refractivity contribution in [3.8, 4) is 11.5 Å². The van der Waals surface area contributed by atoms with Crippen LogP contribution in [-0.2, 0) is 13.0 Å². The Hall–Kier alpha value is -3.80. The molecule has 170 valence electrons. The molecule has 4 rings (SSSR count). The number of hydrogen-bond acceptors (Lipinski definition) is 4. The highest BCUT2D eigenvalue weighted by atomic mass is 16.5. The Morgan fingerprint density at radius 1 is 1.03 bits per heavy atom. The number of imidazole rings is 1. The normalized spacial score (nSPS) is 11.8. The van der Waals surface area contributed by atoms with Crippen LogP contribution in [0.1, 0.15) is 41.6 Å². The zero-order valence-electron chi connectivity index (χ0n) is 19.2. The van der Waals surface area contributed by atoms with Gasteiger partial charge in [-0.1, -0.05) is 37.3 Å². The van der Waals surface area contributed by atoms with Gasteiger partial charge >= 0.3 is 0 Å². The maximum Gasteiger partial charge on any atom is 0.251 e. The molecular weight excluding hydrogens is 414 g/mol. The van der Waals surface area contributed by atoms with E-state index >= 15 is 0 Å². The van der Waals surface area contributed by atoms with Crippen molar-refractivity contribution < 1.29 is 14.3 Å². The Bertz CT molecular complexity index is 1230. The molecule has 0 bridgehead atoms. The fraction of sp³-hybridized carbons (Fsp3) is 0.259. The second kappa shape index (κ2) is 10.2. The summed E-state index contributed by atoms with van der Waals surface area (Å²) in [6.07, 6.45) is 1.00. The molecule has 0 radical (unpaired) electrons. The number of aryl methyl sites for hydroxylation is 1. The summed E-state index contributed by atoms with van der Waals surface area (Å²) in [6, 6.07) is 23.0. The Morgan fingerprint density at radius 2 is 1.82 bits per heavy atom. The van der Waals surface area contributed by atoms with E-state index in [1.807, 2.05) is 49.4 Å². The standard InChI is InChI=1S/C27H29N3O3/c1-4-20-12-14-22(15-13-20)33-17-16-30-25-11-6-5-10-24(25)29-26(30)19(2)28-27(31)21-8-7-9-23(18-21)32-3/h5-15,18-19H,4,16-17H2,1-3H3,(H,28,31). The highest BCUT2D eigenvalue weighted by Gasteiger charge is 2.19. The van der Waals surface area contributed by atoms with E-state index in [1.54, 1.807) is 25.3 Å². The van der Waals surface area contributed by atoms with E-state index in [9.17, 15) is 4.79 Å². The maximum atomic E-state index is 12.8. The maximum absolute atomic E-state index is 12.8. The Labute approximate surface area is 194 Å². The smallest absolute Gasteiger partial charge is 0.251 e. The number of nitrogens with one attached hydrogen (secondary N) is 1. The number of benzene rings is 3. The van der Waals surface area contributed by atoms with Crippen molar-refractivity contribution in [3.05, 3.63) is 89.7 Å². The minimum Gasteiger partial charge on any atom is -0.497 e. The van der Waals surface area contributed by atoms with Crippen molar-refractivity contribution in [2.45, 2.75) is 32.9 Å². The molecule has 0 aliphatic rings. The van der Waals surface area contributed by atoms with Crippen molar-refractivity contribution in [1.29, 1.82) is 0 Å². The largest absolute Gasteiger partial charge is 0.497 e. The molecule has 0 saturated carbocycles. The molecule has 1 amide bonds. The van der Waals surface area contributed by atoms with Crippen LogP contribution in [0.25, 0.3) is 11.0 Å². The highest BCUT2D eigenvalue weighted by Crippen LogP contribution is 2.22. The molecule has 1 unspecified atom stereocenters. The molecule has 1 atom stereocenters. The van der Waals surface area contributed by atoms with Gasteiger partial charge in [0.1, 0.15) is 23.9 Å². The summed E-state index contributed by atoms with van der Waals surface area (Å²) in [6.45, 7) is 5.19. The van der Waals surface area contributed by atoms with Gasteiger partial charge < -0.3 is 19.4 Å². The monoisotopic (exact) mass is 443 g/mol. The van der Waals surface area contributed by atoms with Crippen LogP contribution in [-0.4, -0.2) is 29.2 Å². The molecule has 0 fully saturated rings. The molecule has 6 nitrogen and oxygen atoms in total. The van der Waals surface area contributed by atoms with Crippen LogP contribution in [0.3, 0.4) is 0 Å². The van der Waals surface area contributed by atoms with Gasteiger partial charge in [-0.25, -0.2) is 4.98 Å². The van der Waals surface area contributed by atoms with Gasteiger partial charge in [0.15, 0.2) is 0 Å². The van der Waals surface area contributed by atoms with Gasteiger partial charge in [-0.3, -0.25) is 4.79 Å². The summed E-state index contributed by atoms with van der Waals surface area (Å²) in [5.41, 5.74) is 3.73. The number of fused-ring (bicyclic) bond motifs is 1. The number of aromatic nitrogens is 2. The molecule has 0 aliphatic heterocycles. The number of carbonyl (C=O) groups is 1. The van der Waals surface area contributed by atoms with Crippen LogP contribution < -0.4 is 14.8 Å². The van der Waals surface area contributed by atoms with Crippen LogP contribution in [0.15, 0.2) is 72.8 Å². The van der Waals surface area contributed by atoms with Gasteiger partial charge in [-0.05, 0) is 61.4 Å². The molecule has 0 spiro atoms. The molecule has 0 aliphatic carbocycles. The zero-order chi connectivity index (χ0) is 23.2. The lowest BCUT2D eigenvalue weighted by molar-refractivity contribution is 0.0937. The average Bonchev–Trinajstić information content (AvgIpc) is 3.23. The fourth-order valence-corrected chi connectivity index (χ4v) is 3.84. The second-order valence-electron chi connectivity index (χ2n) is 7.88. The summed E-state index contributed by atoms with van der Waals surface area (Å²) in [7, 11) is 1.59. The number of para-hydroxylation sites is 2. The summed E-state index contributed by atoms with van der Waals surface area (Å²) in [4.78, 5) is 17.7. The van der Waals surface area contributed by atoms with E-state index in [0.29, 0.717) is 24.5 Å². The van der Waals surface area contributed by atoms with Crippen molar-refractivity contribution in [1.82, 2.24) is 14.9 Å². The second-order valence-corrected chi connectivity index (χ2v) is 7.88. The number of carbonyl (C=O) groups excluding carboxylic acids is 1. The quantitative estimate of drug-likeness (QED) is 0.387. The molecule has 6 heteroatoms. The molecule has 1 N–H and O–H groups in total. The number of hydrogen-bond donors (Lipinski definition) is 1. The number of amides is 1. The number of rotatable bonds is 9. The minimum atomic E-state index is -0.292. The first-order valence-corrected chi connectivity index (χ1v) is 11.2. The SMILES string of the molecule is CCc1ccc(OCCn2c(C(C)NC(=O)c3cccc(OC)c3)nc3ccccc32)cc1. The Morgan fingerprint density at radius 3 is 2.58 bits per heavy atom. The molecule has 4 aromatic rings. The van der Waals surface area contributed by atoms with Crippen LogP contribution in [0.5, 0.6) is 11.5 Å². The van der Waals surface area contributed by atoms with Gasteiger partial charge in [0.2, 0.25) is 0 Å². The van der Waals surface area contributed by atoms with Gasteiger partial charge in [0.25, 0.3) is 5.91 Å². The van der Waals surface area contributed by atoms with Crippen molar-refractivity contribution in [3.63, 3.8) is 0 Å². The lowest BCUT2D eigenvalue weighted by Crippen LogP contribution is -2.29. The van der Waals surface area contributed by atoms with Gasteiger partial charge in [0, 0.05) is 5.56 Å². The third-order valence-corrected chi connectivity index (χ3v) is 5.67. The van der Waals surface area contributed by atoms with Crippen LogP contribution in [0, 0.1) is 0 Å². The summed E-state index contributed by atoms with van der Waals surface area (Å²) >= 11 is 0. The van der Waals surface area contributed by atoms with Gasteiger partial charge in [-0.15, -0.1) is 0 Å². The topological polar surface area (TPSA) is 65.4 Å². The molecule has 1 heterocycles. The van der Waals surface area contributed by atoms with E-state index in [-0.39, 0.29) is 11.9 Å². The Balaban J connectivity index is 1.51. The lowest BCUT2D eigenvalue weighted by Gasteiger charge is -2.17. The van der Waals surface area contributed by atoms with E-state index in [4.69, 9.17) is 14.5 Å². The third kappa shape index (κ3) is 5.17. The lowest BCUT2D eigenvalue weighted by atomic mass is 10.2. The van der Waals surface area contributed by atoms with E-state index in [2.05, 4.69) is 28.9 Å². The number of nitrogens with zero attached hydrogens (tertiary/aromatic N) is 2. The first kappa shape index (κ1) is 22.4. The van der Waals surface area contributed by atoms with E-state index in [0.717, 1.165) is 29.0 Å². The molecular formula is C27H29N3O3. The minimum absolute atomic E-state index is 0.174. The zero-order valence-corrected chi connectivity index (χ0v) is 19.2. The van der Waals surface area contributed by atoms with Crippen LogP contribution in [0.4, 0.5) is 0 Å². The first-order chi connectivity index (χ1) is 16.1. The third-order valence-electron chi connectivity index (χ3n) is 5.67. The van der Waals surface area contributed by atoms with E-state index in [1.165, 1.54) is 5.56 Å². The predicted octanol–water partition coefficient (Wildman–Crippen LogP) is 5.18. The molecule has 0 saturated heterocycles. The first-order valence-electron chi connectivity index (χ1n) is 11.2. The van der Waals surface area contributed by atoms with Crippen molar-refractivity contribution in [2.75, 3.05) is 13.7 Å². The summed E-state index contributed by atoms with van der Waals surface area (Å²) in [5.74, 6) is 2.11. The summed E-state index contributed by atoms with van der Waals surface area (Å²) < 4.78 is 13.3. The molecule has 33 heavy (non-hydrogen) atoms. The van der Waals surface area contributed by atoms with Gasteiger partial charge in [0.05, 0.1) is 30.7 Å². The highest BCUT2D eigenvalue weighted by molar-refractivity contribution is 5.94. The predicted molar refractivity (Wildman–Crippen MR) is 130 cm³/mol. The summed E-state index contributed by atoms with van der Waals surface area (Å²) in [5, 5.41) is 3.07. The fourth-order valence-electron chi connectivity index (χ4n) is 3.84. The number of methoxy groups -OCH3 is 1. The molecule has 3 aromatic carbocycles. The Kier molecular flexibility index (Phi) is 6.93. The average molecular weight is 444 g/mol. The van der Waals surface area contributed by atoms with Crippen LogP contribution >= 0.6 is 0 Å². The van der Waals surface area contributed by atoms with Crippen LogP contribution in [0.2, 0.25) is 0 Å². The molecule has 1 aromatic heterocycles. The van der Waals surface area contributed by atoms with Crippen molar-refractivity contribution >= 4 is 16.9 Å².